The van der Waals surface area contributed by atoms with E-state index in [0.717, 1.165) is 6.04 Å². The molecule has 1 aliphatic carbocycles. The summed E-state index contributed by atoms with van der Waals surface area (Å²) in [4.78, 5) is 6.32. The minimum atomic E-state index is 0.791. The highest BCUT2D eigenvalue weighted by Crippen LogP contribution is 2.31. The number of para-hydroxylation sites is 1. The van der Waals surface area contributed by atoms with E-state index in [1.54, 1.807) is 5.56 Å². The Bertz CT molecular complexity index is 563. The molecule has 4 rings (SSSR count). The fraction of sp³-hybridized carbons (Fsp3) is 0.500. The zero-order valence-corrected chi connectivity index (χ0v) is 10.8. The van der Waals surface area contributed by atoms with Crippen LogP contribution in [0.25, 0.3) is 10.9 Å². The lowest BCUT2D eigenvalue weighted by Gasteiger charge is -2.31. The van der Waals surface area contributed by atoms with Crippen LogP contribution in [0.1, 0.15) is 30.5 Å². The summed E-state index contributed by atoms with van der Waals surface area (Å²) in [6.45, 7) is 2.64. The van der Waals surface area contributed by atoms with Gasteiger partial charge in [0.05, 0.1) is 0 Å². The fourth-order valence-corrected chi connectivity index (χ4v) is 3.77. The van der Waals surface area contributed by atoms with Gasteiger partial charge in [0.25, 0.3) is 0 Å². The number of aromatic amines is 1. The van der Waals surface area contributed by atoms with Crippen molar-refractivity contribution in [1.29, 1.82) is 0 Å². The summed E-state index contributed by atoms with van der Waals surface area (Å²) in [5.41, 5.74) is 4.41. The van der Waals surface area contributed by atoms with E-state index in [0.29, 0.717) is 0 Å². The second-order valence-electron chi connectivity index (χ2n) is 5.77. The molecule has 1 aromatic carbocycles. The molecule has 2 aliphatic rings. The minimum Gasteiger partial charge on any atom is -0.358 e. The van der Waals surface area contributed by atoms with Gasteiger partial charge in [-0.05, 0) is 56.8 Å². The lowest BCUT2D eigenvalue weighted by Crippen LogP contribution is -2.37. The fourth-order valence-electron chi connectivity index (χ4n) is 3.77. The smallest absolute Gasteiger partial charge is 0.0458 e. The Morgan fingerprint density at radius 3 is 2.83 bits per heavy atom. The number of fused-ring (bicyclic) bond motifs is 3. The van der Waals surface area contributed by atoms with Crippen molar-refractivity contribution in [2.75, 3.05) is 13.1 Å². The normalized spacial score (nSPS) is 24.6. The Kier molecular flexibility index (Phi) is 2.44. The summed E-state index contributed by atoms with van der Waals surface area (Å²) >= 11 is 0. The molecule has 2 heterocycles. The molecule has 1 fully saturated rings. The molecule has 1 atom stereocenters. The summed E-state index contributed by atoms with van der Waals surface area (Å²) in [5, 5.41) is 1.45. The van der Waals surface area contributed by atoms with Crippen LogP contribution in [-0.4, -0.2) is 29.0 Å². The van der Waals surface area contributed by atoms with Crippen molar-refractivity contribution < 1.29 is 0 Å². The molecule has 0 spiro atoms. The average Bonchev–Trinajstić information content (AvgIpc) is 3.05. The molecule has 94 valence electrons. The van der Waals surface area contributed by atoms with Crippen LogP contribution < -0.4 is 0 Å². The van der Waals surface area contributed by atoms with E-state index >= 15 is 0 Å². The summed E-state index contributed by atoms with van der Waals surface area (Å²) in [6.07, 6.45) is 6.61. The number of rotatable bonds is 1. The number of likely N-dealkylation sites (tertiary alicyclic amines) is 1. The van der Waals surface area contributed by atoms with E-state index < -0.39 is 0 Å². The highest BCUT2D eigenvalue weighted by Gasteiger charge is 2.28. The van der Waals surface area contributed by atoms with Crippen LogP contribution in [0.5, 0.6) is 0 Å². The van der Waals surface area contributed by atoms with E-state index in [1.165, 1.54) is 61.8 Å². The van der Waals surface area contributed by atoms with Crippen molar-refractivity contribution in [3.63, 3.8) is 0 Å². The van der Waals surface area contributed by atoms with Crippen LogP contribution in [-0.2, 0) is 12.8 Å². The third-order valence-corrected chi connectivity index (χ3v) is 4.73. The lowest BCUT2D eigenvalue weighted by atomic mass is 9.90. The van der Waals surface area contributed by atoms with Crippen molar-refractivity contribution in [2.24, 2.45) is 0 Å². The Morgan fingerprint density at radius 1 is 1.11 bits per heavy atom. The first-order valence-electron chi connectivity index (χ1n) is 7.24. The molecule has 2 aromatic rings. The number of hydrogen-bond donors (Lipinski definition) is 1. The molecule has 2 heteroatoms. The molecule has 0 unspecified atom stereocenters. The Morgan fingerprint density at radius 2 is 1.94 bits per heavy atom. The maximum Gasteiger partial charge on any atom is 0.0458 e. The first kappa shape index (κ1) is 10.6. The highest BCUT2D eigenvalue weighted by atomic mass is 15.2. The first-order chi connectivity index (χ1) is 8.92. The molecular formula is C16H20N2. The number of aromatic nitrogens is 1. The number of H-pyrrole nitrogens is 1. The van der Waals surface area contributed by atoms with Gasteiger partial charge in [-0.25, -0.2) is 0 Å². The van der Waals surface area contributed by atoms with Gasteiger partial charge in [-0.3, -0.25) is 0 Å². The van der Waals surface area contributed by atoms with Crippen LogP contribution in [0.2, 0.25) is 0 Å². The predicted molar refractivity (Wildman–Crippen MR) is 74.9 cm³/mol. The van der Waals surface area contributed by atoms with Gasteiger partial charge in [-0.2, -0.15) is 0 Å². The number of nitrogens with one attached hydrogen (secondary N) is 1. The zero-order valence-electron chi connectivity index (χ0n) is 10.8. The van der Waals surface area contributed by atoms with E-state index in [2.05, 4.69) is 34.1 Å². The number of hydrogen-bond acceptors (Lipinski definition) is 1. The highest BCUT2D eigenvalue weighted by molar-refractivity contribution is 5.84. The number of aryl methyl sites for hydroxylation is 1. The van der Waals surface area contributed by atoms with Gasteiger partial charge in [0, 0.05) is 22.6 Å². The summed E-state index contributed by atoms with van der Waals surface area (Å²) in [7, 11) is 0. The van der Waals surface area contributed by atoms with E-state index in [9.17, 15) is 0 Å². The molecule has 1 saturated heterocycles. The first-order valence-corrected chi connectivity index (χ1v) is 7.24. The third-order valence-electron chi connectivity index (χ3n) is 4.73. The molecule has 1 N–H and O–H groups in total. The second-order valence-corrected chi connectivity index (χ2v) is 5.77. The van der Waals surface area contributed by atoms with Crippen molar-refractivity contribution >= 4 is 10.9 Å². The van der Waals surface area contributed by atoms with Crippen molar-refractivity contribution in [1.82, 2.24) is 9.88 Å². The quantitative estimate of drug-likeness (QED) is 0.811. The number of nitrogens with zero attached hydrogens (tertiary/aromatic N) is 1. The molecule has 2 nitrogen and oxygen atoms in total. The molecule has 0 radical (unpaired) electrons. The molecular weight excluding hydrogens is 220 g/mol. The molecule has 18 heavy (non-hydrogen) atoms. The van der Waals surface area contributed by atoms with Crippen molar-refractivity contribution in [3.8, 4) is 0 Å². The summed E-state index contributed by atoms with van der Waals surface area (Å²) < 4.78 is 0. The molecule has 0 amide bonds. The molecule has 0 saturated carbocycles. The van der Waals surface area contributed by atoms with Gasteiger partial charge in [0.2, 0.25) is 0 Å². The van der Waals surface area contributed by atoms with Crippen molar-refractivity contribution in [2.45, 2.75) is 38.1 Å². The van der Waals surface area contributed by atoms with Gasteiger partial charge in [-0.1, -0.05) is 18.2 Å². The van der Waals surface area contributed by atoms with E-state index in [4.69, 9.17) is 0 Å². The van der Waals surface area contributed by atoms with Crippen LogP contribution in [0.3, 0.4) is 0 Å². The van der Waals surface area contributed by atoms with Gasteiger partial charge in [-0.15, -0.1) is 0 Å². The predicted octanol–water partition coefficient (Wildman–Crippen LogP) is 3.12. The Labute approximate surface area is 108 Å². The number of benzene rings is 1. The van der Waals surface area contributed by atoms with Crippen LogP contribution >= 0.6 is 0 Å². The van der Waals surface area contributed by atoms with Gasteiger partial charge in [0.15, 0.2) is 0 Å². The van der Waals surface area contributed by atoms with Crippen LogP contribution in [0.15, 0.2) is 24.3 Å². The minimum absolute atomic E-state index is 0.791. The third kappa shape index (κ3) is 1.59. The van der Waals surface area contributed by atoms with Crippen molar-refractivity contribution in [3.05, 3.63) is 35.5 Å². The lowest BCUT2D eigenvalue weighted by molar-refractivity contribution is 0.222. The van der Waals surface area contributed by atoms with Crippen LogP contribution in [0.4, 0.5) is 0 Å². The largest absolute Gasteiger partial charge is 0.358 e. The van der Waals surface area contributed by atoms with Gasteiger partial charge < -0.3 is 9.88 Å². The average molecular weight is 240 g/mol. The molecule has 0 bridgehead atoms. The summed E-state index contributed by atoms with van der Waals surface area (Å²) in [5.74, 6) is 0. The van der Waals surface area contributed by atoms with E-state index in [1.807, 2.05) is 0 Å². The maximum absolute atomic E-state index is 3.61. The maximum atomic E-state index is 3.61. The van der Waals surface area contributed by atoms with Gasteiger partial charge in [0.1, 0.15) is 0 Å². The SMILES string of the molecule is c1ccc2c3c([nH]c2c1)CC[C@H](N1CCCC1)C3. The zero-order chi connectivity index (χ0) is 11.9. The topological polar surface area (TPSA) is 19.0 Å². The monoisotopic (exact) mass is 240 g/mol. The Balaban J connectivity index is 1.70. The van der Waals surface area contributed by atoms with E-state index in [-0.39, 0.29) is 0 Å². The van der Waals surface area contributed by atoms with Crippen LogP contribution in [0, 0.1) is 0 Å². The molecule has 1 aromatic heterocycles. The molecule has 1 aliphatic heterocycles. The van der Waals surface area contributed by atoms with Gasteiger partial charge >= 0.3 is 0 Å². The second kappa shape index (κ2) is 4.13. The standard InChI is InChI=1S/C16H20N2/c1-2-6-15-13(5-1)14-11-12(7-8-16(14)17-15)18-9-3-4-10-18/h1-2,5-6,12,17H,3-4,7-11H2/t12-/m0/s1. The Hall–Kier alpha value is -1.28. The summed E-state index contributed by atoms with van der Waals surface area (Å²) in [6, 6.07) is 9.56.